The zero-order valence-electron chi connectivity index (χ0n) is 21.9. The summed E-state index contributed by atoms with van der Waals surface area (Å²) in [6.07, 6.45) is -13.2. The number of phenolic OH excluding ortho intramolecular Hbond substituents is 2. The molecule has 41 heavy (non-hydrogen) atoms. The Morgan fingerprint density at radius 3 is 2.27 bits per heavy atom. The van der Waals surface area contributed by atoms with Crippen molar-refractivity contribution in [1.82, 2.24) is 0 Å². The average molecular weight is 579 g/mol. The number of hydrogen-bond donors (Lipinski definition) is 7. The number of aromatic hydroxyl groups is 2. The summed E-state index contributed by atoms with van der Waals surface area (Å²) < 4.78 is 33.9. The van der Waals surface area contributed by atoms with E-state index < -0.39 is 78.8 Å². The van der Waals surface area contributed by atoms with Gasteiger partial charge in [-0.15, -0.1) is 0 Å². The molecule has 1 aromatic heterocycles. The van der Waals surface area contributed by atoms with Crippen LogP contribution in [0, 0.1) is 0 Å². The molecule has 2 aliphatic heterocycles. The maximum Gasteiger partial charge on any atom is 0.239 e. The normalized spacial score (nSPS) is 31.8. The third-order valence-electron chi connectivity index (χ3n) is 7.08. The molecule has 222 valence electrons. The van der Waals surface area contributed by atoms with E-state index in [2.05, 4.69) is 0 Å². The molecule has 0 amide bonds. The Kier molecular flexibility index (Phi) is 8.09. The van der Waals surface area contributed by atoms with Crippen molar-refractivity contribution < 1.29 is 63.8 Å². The minimum atomic E-state index is -1.73. The molecule has 2 saturated heterocycles. The Balaban J connectivity index is 1.57. The molecule has 0 unspecified atom stereocenters. The molecule has 9 atom stereocenters. The number of aliphatic hydroxyl groups excluding tert-OH is 5. The fourth-order valence-corrected chi connectivity index (χ4v) is 4.78. The van der Waals surface area contributed by atoms with E-state index in [1.807, 2.05) is 0 Å². The van der Waals surface area contributed by atoms with Crippen LogP contribution < -0.4 is 14.9 Å². The van der Waals surface area contributed by atoms with Crippen LogP contribution in [-0.2, 0) is 14.2 Å². The number of hydrogen-bond acceptors (Lipinski definition) is 14. The van der Waals surface area contributed by atoms with E-state index >= 15 is 0 Å². The molecule has 0 bridgehead atoms. The largest absolute Gasteiger partial charge is 0.508 e. The van der Waals surface area contributed by atoms with Gasteiger partial charge in [-0.25, -0.2) is 0 Å². The van der Waals surface area contributed by atoms with Gasteiger partial charge in [0, 0.05) is 17.7 Å². The molecule has 0 spiro atoms. The Labute approximate surface area is 232 Å². The van der Waals surface area contributed by atoms with Gasteiger partial charge in [-0.3, -0.25) is 4.79 Å². The maximum absolute atomic E-state index is 13.7. The lowest BCUT2D eigenvalue weighted by atomic mass is 10.00. The second-order valence-electron chi connectivity index (χ2n) is 9.77. The lowest BCUT2D eigenvalue weighted by Gasteiger charge is -2.40. The Morgan fingerprint density at radius 2 is 1.61 bits per heavy atom. The van der Waals surface area contributed by atoms with E-state index in [-0.39, 0.29) is 33.8 Å². The summed E-state index contributed by atoms with van der Waals surface area (Å²) in [5, 5.41) is 71.3. The fraction of sp³-hybridized carbons (Fsp3) is 0.444. The van der Waals surface area contributed by atoms with Crippen molar-refractivity contribution in [3.05, 3.63) is 46.6 Å². The fourth-order valence-electron chi connectivity index (χ4n) is 4.78. The summed E-state index contributed by atoms with van der Waals surface area (Å²) >= 11 is 0. The van der Waals surface area contributed by atoms with Crippen LogP contribution in [0.5, 0.6) is 23.0 Å². The predicted molar refractivity (Wildman–Crippen MR) is 137 cm³/mol. The highest BCUT2D eigenvalue weighted by molar-refractivity contribution is 5.88. The van der Waals surface area contributed by atoms with Crippen LogP contribution in [0.4, 0.5) is 0 Å². The molecule has 7 N–H and O–H groups in total. The van der Waals surface area contributed by atoms with Crippen LogP contribution in [0.15, 0.2) is 45.6 Å². The highest BCUT2D eigenvalue weighted by Gasteiger charge is 2.51. The van der Waals surface area contributed by atoms with E-state index in [9.17, 15) is 40.5 Å². The van der Waals surface area contributed by atoms with Crippen LogP contribution in [0.3, 0.4) is 0 Å². The molecule has 2 aromatic carbocycles. The molecule has 0 radical (unpaired) electrons. The first kappa shape index (κ1) is 29.0. The summed E-state index contributed by atoms with van der Waals surface area (Å²) in [4.78, 5) is 13.7. The highest BCUT2D eigenvalue weighted by atomic mass is 16.8. The summed E-state index contributed by atoms with van der Waals surface area (Å²) in [5.41, 5.74) is -0.596. The van der Waals surface area contributed by atoms with Gasteiger partial charge in [-0.1, -0.05) is 0 Å². The monoisotopic (exact) mass is 578 g/mol. The Bertz CT molecular complexity index is 1440. The number of methoxy groups -OCH3 is 1. The van der Waals surface area contributed by atoms with Crippen molar-refractivity contribution in [3.8, 4) is 34.3 Å². The zero-order valence-corrected chi connectivity index (χ0v) is 21.9. The molecule has 3 aromatic rings. The molecule has 0 aliphatic carbocycles. The summed E-state index contributed by atoms with van der Waals surface area (Å²) in [6, 6.07) is 8.17. The molecule has 14 nitrogen and oxygen atoms in total. The van der Waals surface area contributed by atoms with E-state index in [0.29, 0.717) is 0 Å². The van der Waals surface area contributed by atoms with E-state index in [1.54, 1.807) is 0 Å². The lowest BCUT2D eigenvalue weighted by molar-refractivity contribution is -0.316. The van der Waals surface area contributed by atoms with Crippen molar-refractivity contribution >= 4 is 11.0 Å². The maximum atomic E-state index is 13.7. The predicted octanol–water partition coefficient (Wildman–Crippen LogP) is -0.451. The van der Waals surface area contributed by atoms with Crippen LogP contribution >= 0.6 is 0 Å². The van der Waals surface area contributed by atoms with Gasteiger partial charge in [-0.05, 0) is 31.2 Å². The van der Waals surface area contributed by atoms with Crippen molar-refractivity contribution in [1.29, 1.82) is 0 Å². The topological polar surface area (TPSA) is 218 Å². The third-order valence-corrected chi connectivity index (χ3v) is 7.08. The smallest absolute Gasteiger partial charge is 0.239 e. The molecule has 2 fully saturated rings. The van der Waals surface area contributed by atoms with Gasteiger partial charge < -0.3 is 63.8 Å². The molecular formula is C27H30O14. The number of aliphatic hydroxyl groups is 5. The Morgan fingerprint density at radius 1 is 0.902 bits per heavy atom. The van der Waals surface area contributed by atoms with Crippen LogP contribution in [0.1, 0.15) is 6.92 Å². The van der Waals surface area contributed by atoms with Gasteiger partial charge in [0.25, 0.3) is 0 Å². The minimum absolute atomic E-state index is 0.0454. The minimum Gasteiger partial charge on any atom is -0.508 e. The first-order chi connectivity index (χ1) is 19.5. The number of phenols is 2. The van der Waals surface area contributed by atoms with Gasteiger partial charge in [-0.2, -0.15) is 0 Å². The first-order valence-corrected chi connectivity index (χ1v) is 12.7. The standard InChI is InChI=1S/C27H30O14/c1-10-18(31)21(34)22(35)26(37-10)41-25-19(32)16(9-28)39-27(25)40-24-20(33)17-14(30)7-13(36-2)8-15(17)38-23(24)11-3-5-12(29)6-4-11/h3-8,10,16,18-19,21-22,25-32,34-35H,9H2,1-2H3/t10-,16-,18-,19-,21+,22+,25+,26-,27-/m0/s1. The van der Waals surface area contributed by atoms with Crippen LogP contribution in [0.2, 0.25) is 0 Å². The quantitative estimate of drug-likeness (QED) is 0.189. The van der Waals surface area contributed by atoms with Crippen molar-refractivity contribution in [2.45, 2.75) is 62.2 Å². The van der Waals surface area contributed by atoms with Crippen LogP contribution in [-0.4, -0.2) is 105 Å². The van der Waals surface area contributed by atoms with Crippen molar-refractivity contribution in [3.63, 3.8) is 0 Å². The second kappa shape index (κ2) is 11.4. The zero-order chi connectivity index (χ0) is 29.6. The third kappa shape index (κ3) is 5.31. The SMILES string of the molecule is COc1cc(O)c2c(=O)c(O[C@@H]3O[C@@H](CO)[C@H](O)[C@H]3O[C@@H]3O[C@@H](C)[C@H](O)[C@@H](O)[C@H]3O)c(-c3ccc(O)cc3)oc2c1. The van der Waals surface area contributed by atoms with Gasteiger partial charge in [0.05, 0.1) is 19.8 Å². The molecule has 2 aliphatic rings. The number of rotatable bonds is 7. The molecule has 14 heteroatoms. The molecule has 3 heterocycles. The van der Waals surface area contributed by atoms with Crippen molar-refractivity contribution in [2.75, 3.05) is 13.7 Å². The summed E-state index contributed by atoms with van der Waals surface area (Å²) in [6.45, 7) is 0.762. The van der Waals surface area contributed by atoms with Gasteiger partial charge >= 0.3 is 0 Å². The van der Waals surface area contributed by atoms with Gasteiger partial charge in [0.15, 0.2) is 18.2 Å². The second-order valence-corrected chi connectivity index (χ2v) is 9.77. The highest BCUT2D eigenvalue weighted by Crippen LogP contribution is 2.38. The van der Waals surface area contributed by atoms with E-state index in [0.717, 1.165) is 0 Å². The lowest BCUT2D eigenvalue weighted by Crippen LogP contribution is -2.59. The number of fused-ring (bicyclic) bond motifs is 1. The number of benzene rings is 2. The Hall–Kier alpha value is -3.47. The van der Waals surface area contributed by atoms with Gasteiger partial charge in [0.2, 0.25) is 17.5 Å². The van der Waals surface area contributed by atoms with Crippen LogP contribution in [0.25, 0.3) is 22.3 Å². The van der Waals surface area contributed by atoms with E-state index in [1.165, 1.54) is 50.4 Å². The summed E-state index contributed by atoms with van der Waals surface area (Å²) in [7, 11) is 1.37. The average Bonchev–Trinajstić information content (AvgIpc) is 3.25. The number of ether oxygens (including phenoxy) is 5. The van der Waals surface area contributed by atoms with Gasteiger partial charge in [0.1, 0.15) is 58.7 Å². The summed E-state index contributed by atoms with van der Waals surface area (Å²) in [5.74, 6) is -0.934. The first-order valence-electron chi connectivity index (χ1n) is 12.7. The van der Waals surface area contributed by atoms with Crippen molar-refractivity contribution in [2.24, 2.45) is 0 Å². The van der Waals surface area contributed by atoms with E-state index in [4.69, 9.17) is 28.1 Å². The molecule has 5 rings (SSSR count). The molecule has 0 saturated carbocycles. The molecular weight excluding hydrogens is 548 g/mol.